The quantitative estimate of drug-likeness (QED) is 0.135. The average Bonchev–Trinajstić information content (AvgIpc) is 3.01. The fourth-order valence-corrected chi connectivity index (χ4v) is 4.83. The molecule has 0 aliphatic carbocycles. The molecule has 0 spiro atoms. The summed E-state index contributed by atoms with van der Waals surface area (Å²) in [7, 11) is 1.61. The fraction of sp³-hybridized carbons (Fsp3) is 0.265. The molecule has 0 radical (unpaired) electrons. The Hall–Kier alpha value is -4.65. The van der Waals surface area contributed by atoms with Gasteiger partial charge in [0.25, 0.3) is 17.4 Å². The number of fused-ring (bicyclic) bond motifs is 1. The van der Waals surface area contributed by atoms with E-state index in [4.69, 9.17) is 0 Å². The number of hydrogen-bond acceptors (Lipinski definition) is 4. The minimum Gasteiger partial charge on any atom is -0.506 e. The summed E-state index contributed by atoms with van der Waals surface area (Å²) in [5.74, 6) is -1.31. The van der Waals surface area contributed by atoms with E-state index in [0.717, 1.165) is 25.7 Å². The number of carbonyl (C=O) groups excluding carboxylic acids is 2. The van der Waals surface area contributed by atoms with Gasteiger partial charge in [-0.3, -0.25) is 14.4 Å². The van der Waals surface area contributed by atoms with Crippen molar-refractivity contribution in [3.8, 4) is 5.75 Å². The minimum absolute atomic E-state index is 0.102. The molecule has 0 saturated heterocycles. The van der Waals surface area contributed by atoms with Crippen molar-refractivity contribution in [2.75, 3.05) is 22.9 Å². The van der Waals surface area contributed by atoms with E-state index in [1.54, 1.807) is 41.1 Å². The Labute approximate surface area is 241 Å². The van der Waals surface area contributed by atoms with Gasteiger partial charge in [-0.2, -0.15) is 0 Å². The predicted octanol–water partition coefficient (Wildman–Crippen LogP) is 6.29. The van der Waals surface area contributed by atoms with E-state index in [0.29, 0.717) is 35.4 Å². The van der Waals surface area contributed by atoms with Crippen LogP contribution in [0.3, 0.4) is 0 Å². The van der Waals surface area contributed by atoms with E-state index >= 15 is 0 Å². The van der Waals surface area contributed by atoms with Crippen LogP contribution in [-0.2, 0) is 16.6 Å². The van der Waals surface area contributed by atoms with Crippen LogP contribution in [0.5, 0.6) is 5.75 Å². The number of anilines is 2. The molecular weight excluding hydrogens is 514 g/mol. The maximum atomic E-state index is 14.4. The molecule has 1 heterocycles. The molecule has 0 atom stereocenters. The number of nitrogens with zero attached hydrogens (tertiary/aromatic N) is 3. The standard InChI is InChI=1S/C34H37N3O4/c1-4-6-22-36(25-16-10-8-11-17-25)33(40)29(34(41)37(23-7-5-2)26-18-12-9-13-19-26)24-28-31(38)27-20-14-15-21-30(27)35(3)32(28)39/h8-21,24,38H,4-7,22-23H2,1-3H3. The summed E-state index contributed by atoms with van der Waals surface area (Å²) in [6.45, 7) is 4.86. The maximum absolute atomic E-state index is 14.4. The van der Waals surface area contributed by atoms with Gasteiger partial charge < -0.3 is 19.5 Å². The number of carbonyl (C=O) groups is 2. The van der Waals surface area contributed by atoms with Gasteiger partial charge in [0.2, 0.25) is 0 Å². The highest BCUT2D eigenvalue weighted by atomic mass is 16.3. The Balaban J connectivity index is 1.95. The van der Waals surface area contributed by atoms with Gasteiger partial charge in [0.1, 0.15) is 11.3 Å². The van der Waals surface area contributed by atoms with Crippen LogP contribution in [-0.4, -0.2) is 34.6 Å². The number of pyridine rings is 1. The third-order valence-electron chi connectivity index (χ3n) is 7.16. The summed E-state index contributed by atoms with van der Waals surface area (Å²) in [5, 5.41) is 11.7. The lowest BCUT2D eigenvalue weighted by Crippen LogP contribution is -2.41. The molecule has 0 bridgehead atoms. The molecule has 0 aliphatic rings. The zero-order valence-corrected chi connectivity index (χ0v) is 23.9. The molecule has 1 aromatic heterocycles. The van der Waals surface area contributed by atoms with Crippen LogP contribution in [0, 0.1) is 0 Å². The molecule has 0 aliphatic heterocycles. The second kappa shape index (κ2) is 13.6. The number of benzene rings is 3. The number of para-hydroxylation sites is 3. The Morgan fingerprint density at radius 2 is 1.22 bits per heavy atom. The van der Waals surface area contributed by atoms with E-state index < -0.39 is 17.4 Å². The van der Waals surface area contributed by atoms with Crippen molar-refractivity contribution in [3.05, 3.63) is 106 Å². The summed E-state index contributed by atoms with van der Waals surface area (Å²) in [4.78, 5) is 45.5. The van der Waals surface area contributed by atoms with Gasteiger partial charge >= 0.3 is 0 Å². The van der Waals surface area contributed by atoms with Crippen molar-refractivity contribution in [2.24, 2.45) is 7.05 Å². The highest BCUT2D eigenvalue weighted by Gasteiger charge is 2.30. The van der Waals surface area contributed by atoms with Gasteiger partial charge in [0.05, 0.1) is 11.1 Å². The smallest absolute Gasteiger partial charge is 0.263 e. The highest BCUT2D eigenvalue weighted by molar-refractivity contribution is 6.30. The monoisotopic (exact) mass is 551 g/mol. The second-order valence-electron chi connectivity index (χ2n) is 9.99. The SMILES string of the molecule is CCCCN(C(=O)C(=Cc1c(O)c2ccccc2n(C)c1=O)C(=O)N(CCCC)c1ccccc1)c1ccccc1. The van der Waals surface area contributed by atoms with Crippen molar-refractivity contribution in [1.29, 1.82) is 0 Å². The van der Waals surface area contributed by atoms with Gasteiger partial charge in [-0.15, -0.1) is 0 Å². The van der Waals surface area contributed by atoms with Gasteiger partial charge in [-0.05, 0) is 55.3 Å². The van der Waals surface area contributed by atoms with Crippen LogP contribution >= 0.6 is 0 Å². The molecule has 0 fully saturated rings. The van der Waals surface area contributed by atoms with Gasteiger partial charge in [-0.1, -0.05) is 75.2 Å². The van der Waals surface area contributed by atoms with Crippen molar-refractivity contribution >= 4 is 40.2 Å². The maximum Gasteiger partial charge on any atom is 0.263 e. The van der Waals surface area contributed by atoms with Crippen LogP contribution in [0.4, 0.5) is 11.4 Å². The third kappa shape index (κ3) is 6.40. The first-order valence-corrected chi connectivity index (χ1v) is 14.1. The number of aromatic nitrogens is 1. The average molecular weight is 552 g/mol. The van der Waals surface area contributed by atoms with Crippen LogP contribution in [0.2, 0.25) is 0 Å². The second-order valence-corrected chi connectivity index (χ2v) is 9.99. The Bertz CT molecular complexity index is 1530. The molecule has 7 heteroatoms. The van der Waals surface area contributed by atoms with Crippen molar-refractivity contribution in [1.82, 2.24) is 4.57 Å². The molecule has 41 heavy (non-hydrogen) atoms. The highest BCUT2D eigenvalue weighted by Crippen LogP contribution is 2.29. The van der Waals surface area contributed by atoms with Crippen LogP contribution in [0.25, 0.3) is 17.0 Å². The molecular formula is C34H37N3O4. The van der Waals surface area contributed by atoms with E-state index in [-0.39, 0.29) is 16.9 Å². The van der Waals surface area contributed by atoms with Crippen molar-refractivity contribution in [3.63, 3.8) is 0 Å². The first-order chi connectivity index (χ1) is 19.9. The van der Waals surface area contributed by atoms with Gasteiger partial charge in [0, 0.05) is 36.9 Å². The summed E-state index contributed by atoms with van der Waals surface area (Å²) < 4.78 is 1.42. The van der Waals surface area contributed by atoms with Crippen LogP contribution < -0.4 is 15.4 Å². The topological polar surface area (TPSA) is 82.9 Å². The summed E-state index contributed by atoms with van der Waals surface area (Å²) in [6, 6.07) is 25.4. The van der Waals surface area contributed by atoms with E-state index in [1.807, 2.05) is 74.5 Å². The molecule has 2 amide bonds. The largest absolute Gasteiger partial charge is 0.506 e. The number of amides is 2. The molecule has 0 unspecified atom stereocenters. The molecule has 0 saturated carbocycles. The zero-order chi connectivity index (χ0) is 29.4. The summed E-state index contributed by atoms with van der Waals surface area (Å²) in [6.07, 6.45) is 4.43. The lowest BCUT2D eigenvalue weighted by Gasteiger charge is -2.28. The Kier molecular flexibility index (Phi) is 9.74. The first-order valence-electron chi connectivity index (χ1n) is 14.1. The Morgan fingerprint density at radius 1 is 0.756 bits per heavy atom. The normalized spacial score (nSPS) is 10.8. The molecule has 4 aromatic rings. The number of rotatable bonds is 11. The fourth-order valence-electron chi connectivity index (χ4n) is 4.83. The minimum atomic E-state index is -0.526. The van der Waals surface area contributed by atoms with Crippen molar-refractivity contribution < 1.29 is 14.7 Å². The van der Waals surface area contributed by atoms with Crippen LogP contribution in [0.15, 0.2) is 95.3 Å². The first kappa shape index (κ1) is 29.3. The molecule has 3 aromatic carbocycles. The summed E-state index contributed by atoms with van der Waals surface area (Å²) >= 11 is 0. The number of aryl methyl sites for hydroxylation is 1. The number of aromatic hydroxyl groups is 1. The van der Waals surface area contributed by atoms with E-state index in [1.165, 1.54) is 10.6 Å². The van der Waals surface area contributed by atoms with Gasteiger partial charge in [-0.25, -0.2) is 0 Å². The van der Waals surface area contributed by atoms with E-state index in [9.17, 15) is 19.5 Å². The third-order valence-corrected chi connectivity index (χ3v) is 7.16. The van der Waals surface area contributed by atoms with Crippen molar-refractivity contribution in [2.45, 2.75) is 39.5 Å². The lowest BCUT2D eigenvalue weighted by molar-refractivity contribution is -0.120. The summed E-state index contributed by atoms with van der Waals surface area (Å²) in [5.41, 5.74) is 1.07. The molecule has 4 rings (SSSR count). The lowest BCUT2D eigenvalue weighted by atomic mass is 10.0. The number of hydrogen-bond donors (Lipinski definition) is 1. The molecule has 1 N–H and O–H groups in total. The molecule has 212 valence electrons. The van der Waals surface area contributed by atoms with Gasteiger partial charge in [0.15, 0.2) is 0 Å². The predicted molar refractivity (Wildman–Crippen MR) is 166 cm³/mol. The van der Waals surface area contributed by atoms with E-state index in [2.05, 4.69) is 0 Å². The molecule has 7 nitrogen and oxygen atoms in total. The Morgan fingerprint density at radius 3 is 1.71 bits per heavy atom. The number of unbranched alkanes of at least 4 members (excludes halogenated alkanes) is 2. The van der Waals surface area contributed by atoms with Crippen LogP contribution in [0.1, 0.15) is 45.1 Å². The zero-order valence-electron chi connectivity index (χ0n) is 23.9.